The maximum absolute atomic E-state index is 13.1. The van der Waals surface area contributed by atoms with Gasteiger partial charge < -0.3 is 31.9 Å². The van der Waals surface area contributed by atoms with Gasteiger partial charge in [-0.3, -0.25) is 19.2 Å². The van der Waals surface area contributed by atoms with Gasteiger partial charge in [0.15, 0.2) is 0 Å². The molecular weight excluding hydrogens is 464 g/mol. The van der Waals surface area contributed by atoms with Gasteiger partial charge in [-0.15, -0.1) is 0 Å². The SMILES string of the molecule is CC(C)C(NC(=O)C(Cc1ccccc1)NC(=O)C(N)CS)C(=O)NC(CCC(=O)O)C(=O)O. The molecule has 0 fully saturated rings. The molecule has 34 heavy (non-hydrogen) atoms. The highest BCUT2D eigenvalue weighted by atomic mass is 32.1. The van der Waals surface area contributed by atoms with Crippen LogP contribution in [-0.4, -0.2) is 69.8 Å². The third-order valence-corrected chi connectivity index (χ3v) is 5.35. The fraction of sp³-hybridized carbons (Fsp3) is 0.500. The molecule has 0 saturated carbocycles. The highest BCUT2D eigenvalue weighted by Gasteiger charge is 2.32. The molecule has 0 aliphatic heterocycles. The van der Waals surface area contributed by atoms with Crippen LogP contribution >= 0.6 is 12.6 Å². The molecule has 188 valence electrons. The summed E-state index contributed by atoms with van der Waals surface area (Å²) in [7, 11) is 0. The van der Waals surface area contributed by atoms with Crippen LogP contribution in [0.2, 0.25) is 0 Å². The van der Waals surface area contributed by atoms with E-state index in [-0.39, 0.29) is 18.6 Å². The van der Waals surface area contributed by atoms with Gasteiger partial charge in [-0.05, 0) is 17.9 Å². The molecule has 4 unspecified atom stereocenters. The van der Waals surface area contributed by atoms with Gasteiger partial charge in [-0.2, -0.15) is 12.6 Å². The Morgan fingerprint density at radius 3 is 2.00 bits per heavy atom. The quantitative estimate of drug-likeness (QED) is 0.169. The van der Waals surface area contributed by atoms with Crippen LogP contribution in [0.4, 0.5) is 0 Å². The predicted molar refractivity (Wildman–Crippen MR) is 127 cm³/mol. The lowest BCUT2D eigenvalue weighted by atomic mass is 10.00. The summed E-state index contributed by atoms with van der Waals surface area (Å²) in [6.45, 7) is 3.30. The Bertz CT molecular complexity index is 866. The predicted octanol–water partition coefficient (Wildman–Crippen LogP) is -0.454. The molecule has 11 nitrogen and oxygen atoms in total. The number of thiol groups is 1. The van der Waals surface area contributed by atoms with Crippen LogP contribution in [-0.2, 0) is 30.4 Å². The number of carboxylic acids is 2. The molecular formula is C22H32N4O7S. The average molecular weight is 497 g/mol. The summed E-state index contributed by atoms with van der Waals surface area (Å²) < 4.78 is 0. The van der Waals surface area contributed by atoms with Gasteiger partial charge in [0, 0.05) is 18.6 Å². The van der Waals surface area contributed by atoms with Crippen LogP contribution < -0.4 is 21.7 Å². The van der Waals surface area contributed by atoms with E-state index in [0.29, 0.717) is 0 Å². The molecule has 0 spiro atoms. The van der Waals surface area contributed by atoms with Crippen LogP contribution in [0, 0.1) is 5.92 Å². The van der Waals surface area contributed by atoms with Crippen molar-refractivity contribution >= 4 is 42.3 Å². The summed E-state index contributed by atoms with van der Waals surface area (Å²) in [5.74, 6) is -4.99. The summed E-state index contributed by atoms with van der Waals surface area (Å²) in [6.07, 6.45) is -0.642. The molecule has 0 aliphatic carbocycles. The Hall–Kier alpha value is -3.12. The standard InChI is InChI=1S/C22H32N4O7S/c1-12(2)18(21(31)24-15(22(32)33)8-9-17(27)28)26-20(30)16(25-19(29)14(23)11-34)10-13-6-4-3-5-7-13/h3-7,12,14-16,18,34H,8-11,23H2,1-2H3,(H,24,31)(H,25,29)(H,26,30)(H,27,28)(H,32,33). The monoisotopic (exact) mass is 496 g/mol. The topological polar surface area (TPSA) is 188 Å². The number of hydrogen-bond acceptors (Lipinski definition) is 7. The Labute approximate surface area is 203 Å². The minimum absolute atomic E-state index is 0.0649. The summed E-state index contributed by atoms with van der Waals surface area (Å²) in [4.78, 5) is 60.4. The molecule has 1 rings (SSSR count). The fourth-order valence-electron chi connectivity index (χ4n) is 3.00. The highest BCUT2D eigenvalue weighted by Crippen LogP contribution is 2.08. The van der Waals surface area contributed by atoms with Gasteiger partial charge in [-0.1, -0.05) is 44.2 Å². The Balaban J connectivity index is 3.02. The maximum Gasteiger partial charge on any atom is 0.326 e. The first-order chi connectivity index (χ1) is 16.0. The first-order valence-corrected chi connectivity index (χ1v) is 11.4. The molecule has 0 radical (unpaired) electrons. The number of benzene rings is 1. The van der Waals surface area contributed by atoms with E-state index >= 15 is 0 Å². The molecule has 1 aromatic carbocycles. The van der Waals surface area contributed by atoms with E-state index in [1.165, 1.54) is 0 Å². The van der Waals surface area contributed by atoms with Crippen molar-refractivity contribution in [1.29, 1.82) is 0 Å². The summed E-state index contributed by atoms with van der Waals surface area (Å²) >= 11 is 3.99. The van der Waals surface area contributed by atoms with Crippen molar-refractivity contribution in [2.45, 2.75) is 57.3 Å². The number of hydrogen-bond donors (Lipinski definition) is 7. The van der Waals surface area contributed by atoms with Crippen LogP contribution in [0.1, 0.15) is 32.3 Å². The number of rotatable bonds is 14. The molecule has 1 aromatic rings. The van der Waals surface area contributed by atoms with E-state index in [2.05, 4.69) is 28.6 Å². The van der Waals surface area contributed by atoms with E-state index in [1.807, 2.05) is 0 Å². The maximum atomic E-state index is 13.1. The third-order valence-electron chi connectivity index (χ3n) is 4.96. The van der Waals surface area contributed by atoms with Crippen LogP contribution in [0.5, 0.6) is 0 Å². The first kappa shape index (κ1) is 28.9. The van der Waals surface area contributed by atoms with Crippen molar-refractivity contribution in [3.05, 3.63) is 35.9 Å². The minimum atomic E-state index is -1.44. The fourth-order valence-corrected chi connectivity index (χ4v) is 3.16. The number of nitrogens with one attached hydrogen (secondary N) is 3. The van der Waals surface area contributed by atoms with Crippen LogP contribution in [0.3, 0.4) is 0 Å². The molecule has 0 saturated heterocycles. The molecule has 0 aliphatic rings. The van der Waals surface area contributed by atoms with Gasteiger partial charge in [-0.25, -0.2) is 4.79 Å². The van der Waals surface area contributed by atoms with Crippen molar-refractivity contribution in [2.75, 3.05) is 5.75 Å². The lowest BCUT2D eigenvalue weighted by Crippen LogP contribution is -2.59. The molecule has 0 heterocycles. The zero-order valence-corrected chi connectivity index (χ0v) is 20.0. The largest absolute Gasteiger partial charge is 0.481 e. The van der Waals surface area contributed by atoms with Crippen molar-refractivity contribution < 1.29 is 34.2 Å². The first-order valence-electron chi connectivity index (χ1n) is 10.7. The lowest BCUT2D eigenvalue weighted by Gasteiger charge is -2.27. The van der Waals surface area contributed by atoms with Crippen molar-refractivity contribution in [2.24, 2.45) is 11.7 Å². The van der Waals surface area contributed by atoms with Gasteiger partial charge in [0.05, 0.1) is 6.04 Å². The number of carbonyl (C=O) groups is 5. The average Bonchev–Trinajstić information content (AvgIpc) is 2.78. The lowest BCUT2D eigenvalue weighted by molar-refractivity contribution is -0.143. The molecule has 0 bridgehead atoms. The van der Waals surface area contributed by atoms with Gasteiger partial charge >= 0.3 is 11.9 Å². The van der Waals surface area contributed by atoms with E-state index in [4.69, 9.17) is 10.8 Å². The summed E-state index contributed by atoms with van der Waals surface area (Å²) in [6, 6.07) is 4.34. The molecule has 7 N–H and O–H groups in total. The van der Waals surface area contributed by atoms with Crippen molar-refractivity contribution in [1.82, 2.24) is 16.0 Å². The minimum Gasteiger partial charge on any atom is -0.481 e. The summed E-state index contributed by atoms with van der Waals surface area (Å²) in [5.41, 5.74) is 6.46. The normalized spacial score (nSPS) is 14.4. The van der Waals surface area contributed by atoms with E-state index in [0.717, 1.165) is 5.56 Å². The number of carboxylic acid groups (broad SMARTS) is 2. The number of amides is 3. The Morgan fingerprint density at radius 1 is 0.912 bits per heavy atom. The van der Waals surface area contributed by atoms with Crippen LogP contribution in [0.25, 0.3) is 0 Å². The second kappa shape index (κ2) is 14.2. The molecule has 3 amide bonds. The molecule has 0 aromatic heterocycles. The highest BCUT2D eigenvalue weighted by molar-refractivity contribution is 7.80. The van der Waals surface area contributed by atoms with Crippen molar-refractivity contribution in [3.8, 4) is 0 Å². The zero-order chi connectivity index (χ0) is 25.8. The van der Waals surface area contributed by atoms with Crippen LogP contribution in [0.15, 0.2) is 30.3 Å². The molecule has 12 heteroatoms. The second-order valence-electron chi connectivity index (χ2n) is 8.10. The van der Waals surface area contributed by atoms with E-state index in [1.54, 1.807) is 44.2 Å². The Morgan fingerprint density at radius 2 is 1.50 bits per heavy atom. The number of aliphatic carboxylic acids is 2. The summed E-state index contributed by atoms with van der Waals surface area (Å²) in [5, 5.41) is 25.5. The van der Waals surface area contributed by atoms with Crippen molar-refractivity contribution in [3.63, 3.8) is 0 Å². The second-order valence-corrected chi connectivity index (χ2v) is 8.47. The van der Waals surface area contributed by atoms with Gasteiger partial charge in [0.1, 0.15) is 18.1 Å². The smallest absolute Gasteiger partial charge is 0.326 e. The van der Waals surface area contributed by atoms with E-state index in [9.17, 15) is 29.1 Å². The zero-order valence-electron chi connectivity index (χ0n) is 19.1. The van der Waals surface area contributed by atoms with Gasteiger partial charge in [0.2, 0.25) is 17.7 Å². The van der Waals surface area contributed by atoms with E-state index < -0.39 is 66.2 Å². The molecule has 4 atom stereocenters. The third kappa shape index (κ3) is 9.79. The Kier molecular flexibility index (Phi) is 12.1. The van der Waals surface area contributed by atoms with Gasteiger partial charge in [0.25, 0.3) is 0 Å². The number of nitrogens with two attached hydrogens (primary N) is 1. The number of carbonyl (C=O) groups excluding carboxylic acids is 3.